The average Bonchev–Trinajstić information content (AvgIpc) is 2.87. The van der Waals surface area contributed by atoms with Crippen molar-refractivity contribution in [3.63, 3.8) is 0 Å². The highest BCUT2D eigenvalue weighted by molar-refractivity contribution is 5.84. The lowest BCUT2D eigenvalue weighted by molar-refractivity contribution is 0.0690. The van der Waals surface area contributed by atoms with Crippen LogP contribution in [0.4, 0.5) is 5.82 Å². The molecule has 0 atom stereocenters. The summed E-state index contributed by atoms with van der Waals surface area (Å²) in [5, 5.41) is 19.2. The minimum Gasteiger partial charge on any atom is -0.476 e. The first-order valence-corrected chi connectivity index (χ1v) is 6.30. The Hall–Kier alpha value is -2.51. The standard InChI is InChI=1S/C12H16N6O2/c1-3-9-6-11(15-8(2)14-9)13-4-5-18-7-10(12(19)20)16-17-18/h6-7H,3-5H2,1-2H3,(H,19,20)(H,13,14,15). The van der Waals surface area contributed by atoms with Crippen molar-refractivity contribution in [3.05, 3.63) is 29.5 Å². The first-order valence-electron chi connectivity index (χ1n) is 6.30. The van der Waals surface area contributed by atoms with Crippen molar-refractivity contribution in [2.45, 2.75) is 26.8 Å². The van der Waals surface area contributed by atoms with Gasteiger partial charge < -0.3 is 10.4 Å². The van der Waals surface area contributed by atoms with E-state index in [1.807, 2.05) is 19.9 Å². The van der Waals surface area contributed by atoms with Crippen LogP contribution in [0.2, 0.25) is 0 Å². The third-order valence-electron chi connectivity index (χ3n) is 2.66. The third kappa shape index (κ3) is 3.50. The fourth-order valence-corrected chi connectivity index (χ4v) is 1.71. The Labute approximate surface area is 115 Å². The molecule has 0 fully saturated rings. The van der Waals surface area contributed by atoms with E-state index in [1.54, 1.807) is 0 Å². The highest BCUT2D eigenvalue weighted by Gasteiger charge is 2.07. The molecular formula is C12H16N6O2. The van der Waals surface area contributed by atoms with Crippen LogP contribution in [0.25, 0.3) is 0 Å². The van der Waals surface area contributed by atoms with Gasteiger partial charge >= 0.3 is 5.97 Å². The second kappa shape index (κ2) is 6.09. The average molecular weight is 276 g/mol. The highest BCUT2D eigenvalue weighted by atomic mass is 16.4. The Kier molecular flexibility index (Phi) is 4.24. The Bertz CT molecular complexity index is 610. The van der Waals surface area contributed by atoms with Gasteiger partial charge in [-0.25, -0.2) is 19.4 Å². The van der Waals surface area contributed by atoms with Crippen LogP contribution < -0.4 is 5.32 Å². The van der Waals surface area contributed by atoms with Gasteiger partial charge in [0.15, 0.2) is 5.69 Å². The summed E-state index contributed by atoms with van der Waals surface area (Å²) < 4.78 is 1.48. The number of aromatic nitrogens is 5. The molecule has 0 aliphatic rings. The molecule has 0 aromatic carbocycles. The van der Waals surface area contributed by atoms with Gasteiger partial charge in [-0.15, -0.1) is 5.10 Å². The molecule has 0 unspecified atom stereocenters. The summed E-state index contributed by atoms with van der Waals surface area (Å²) in [6, 6.07) is 1.90. The van der Waals surface area contributed by atoms with Gasteiger partial charge in [-0.3, -0.25) is 0 Å². The van der Waals surface area contributed by atoms with Gasteiger partial charge in [0.1, 0.15) is 11.6 Å². The van der Waals surface area contributed by atoms with E-state index in [9.17, 15) is 4.79 Å². The van der Waals surface area contributed by atoms with Crippen LogP contribution in [0.1, 0.15) is 28.9 Å². The maximum Gasteiger partial charge on any atom is 0.358 e. The van der Waals surface area contributed by atoms with Crippen molar-refractivity contribution in [1.82, 2.24) is 25.0 Å². The summed E-state index contributed by atoms with van der Waals surface area (Å²) in [5.74, 6) is 0.400. The van der Waals surface area contributed by atoms with E-state index >= 15 is 0 Å². The summed E-state index contributed by atoms with van der Waals surface area (Å²) >= 11 is 0. The summed E-state index contributed by atoms with van der Waals surface area (Å²) in [4.78, 5) is 19.3. The zero-order valence-electron chi connectivity index (χ0n) is 11.4. The first-order chi connectivity index (χ1) is 9.58. The monoisotopic (exact) mass is 276 g/mol. The third-order valence-corrected chi connectivity index (χ3v) is 2.66. The molecule has 0 radical (unpaired) electrons. The molecule has 0 aliphatic carbocycles. The second-order valence-electron chi connectivity index (χ2n) is 4.24. The van der Waals surface area contributed by atoms with Crippen molar-refractivity contribution in [3.8, 4) is 0 Å². The van der Waals surface area contributed by atoms with Crippen LogP contribution >= 0.6 is 0 Å². The molecule has 2 aromatic rings. The zero-order valence-corrected chi connectivity index (χ0v) is 11.4. The quantitative estimate of drug-likeness (QED) is 0.801. The van der Waals surface area contributed by atoms with E-state index in [0.29, 0.717) is 13.1 Å². The molecule has 2 N–H and O–H groups in total. The van der Waals surface area contributed by atoms with Gasteiger partial charge in [0.25, 0.3) is 0 Å². The van der Waals surface area contributed by atoms with E-state index in [-0.39, 0.29) is 5.69 Å². The Morgan fingerprint density at radius 1 is 1.45 bits per heavy atom. The van der Waals surface area contributed by atoms with Crippen molar-refractivity contribution >= 4 is 11.8 Å². The fraction of sp³-hybridized carbons (Fsp3) is 0.417. The van der Waals surface area contributed by atoms with Gasteiger partial charge in [0, 0.05) is 18.3 Å². The summed E-state index contributed by atoms with van der Waals surface area (Å²) in [6.07, 6.45) is 2.25. The molecule has 0 bridgehead atoms. The second-order valence-corrected chi connectivity index (χ2v) is 4.24. The number of nitrogens with zero attached hydrogens (tertiary/aromatic N) is 5. The molecule has 8 heteroatoms. The molecular weight excluding hydrogens is 260 g/mol. The first kappa shape index (κ1) is 13.9. The number of carbonyl (C=O) groups is 1. The summed E-state index contributed by atoms with van der Waals surface area (Å²) in [6.45, 7) is 4.96. The predicted molar refractivity (Wildman–Crippen MR) is 71.6 cm³/mol. The number of hydrogen-bond acceptors (Lipinski definition) is 6. The van der Waals surface area contributed by atoms with Crippen molar-refractivity contribution in [2.75, 3.05) is 11.9 Å². The van der Waals surface area contributed by atoms with Gasteiger partial charge in [0.2, 0.25) is 0 Å². The molecule has 0 saturated heterocycles. The molecule has 0 amide bonds. The number of aryl methyl sites for hydroxylation is 2. The number of hydrogen-bond donors (Lipinski definition) is 2. The minimum atomic E-state index is -1.08. The van der Waals surface area contributed by atoms with Crippen molar-refractivity contribution in [2.24, 2.45) is 0 Å². The van der Waals surface area contributed by atoms with Crippen LogP contribution in [0.5, 0.6) is 0 Å². The number of carboxylic acids is 1. The lowest BCUT2D eigenvalue weighted by atomic mass is 10.3. The maximum absolute atomic E-state index is 10.7. The fourth-order valence-electron chi connectivity index (χ4n) is 1.71. The van der Waals surface area contributed by atoms with Gasteiger partial charge in [0.05, 0.1) is 12.7 Å². The zero-order chi connectivity index (χ0) is 14.5. The lowest BCUT2D eigenvalue weighted by Gasteiger charge is -2.07. The van der Waals surface area contributed by atoms with Crippen molar-refractivity contribution in [1.29, 1.82) is 0 Å². The molecule has 2 aromatic heterocycles. The number of carboxylic acid groups (broad SMARTS) is 1. The molecule has 20 heavy (non-hydrogen) atoms. The maximum atomic E-state index is 10.7. The molecule has 2 rings (SSSR count). The van der Waals surface area contributed by atoms with Crippen LogP contribution in [0.3, 0.4) is 0 Å². The van der Waals surface area contributed by atoms with Crippen molar-refractivity contribution < 1.29 is 9.90 Å². The number of nitrogens with one attached hydrogen (secondary N) is 1. The topological polar surface area (TPSA) is 106 Å². The van der Waals surface area contributed by atoms with Gasteiger partial charge in [-0.05, 0) is 13.3 Å². The van der Waals surface area contributed by atoms with E-state index in [0.717, 1.165) is 23.8 Å². The smallest absolute Gasteiger partial charge is 0.358 e. The number of aromatic carboxylic acids is 1. The molecule has 8 nitrogen and oxygen atoms in total. The summed E-state index contributed by atoms with van der Waals surface area (Å²) in [7, 11) is 0. The van der Waals surface area contributed by atoms with Gasteiger partial charge in [-0.1, -0.05) is 12.1 Å². The number of rotatable bonds is 6. The van der Waals surface area contributed by atoms with E-state index < -0.39 is 5.97 Å². The molecule has 0 saturated carbocycles. The molecule has 2 heterocycles. The molecule has 0 spiro atoms. The van der Waals surface area contributed by atoms with Crippen LogP contribution in [-0.2, 0) is 13.0 Å². The van der Waals surface area contributed by atoms with E-state index in [4.69, 9.17) is 5.11 Å². The minimum absolute atomic E-state index is 0.0591. The highest BCUT2D eigenvalue weighted by Crippen LogP contribution is 2.06. The van der Waals surface area contributed by atoms with Crippen LogP contribution in [-0.4, -0.2) is 42.6 Å². The Balaban J connectivity index is 1.92. The largest absolute Gasteiger partial charge is 0.476 e. The van der Waals surface area contributed by atoms with E-state index in [1.165, 1.54) is 10.9 Å². The molecule has 106 valence electrons. The SMILES string of the molecule is CCc1cc(NCCn2cc(C(=O)O)nn2)nc(C)n1. The van der Waals surface area contributed by atoms with Crippen LogP contribution in [0, 0.1) is 6.92 Å². The molecule has 0 aliphatic heterocycles. The summed E-state index contributed by atoms with van der Waals surface area (Å²) in [5.41, 5.74) is 0.921. The number of anilines is 1. The Morgan fingerprint density at radius 2 is 2.25 bits per heavy atom. The van der Waals surface area contributed by atoms with E-state index in [2.05, 4.69) is 25.6 Å². The van der Waals surface area contributed by atoms with Crippen LogP contribution in [0.15, 0.2) is 12.3 Å². The lowest BCUT2D eigenvalue weighted by Crippen LogP contribution is -2.13. The Morgan fingerprint density at radius 3 is 2.90 bits per heavy atom. The predicted octanol–water partition coefficient (Wildman–Crippen LogP) is 0.749. The normalized spacial score (nSPS) is 10.5. The van der Waals surface area contributed by atoms with Gasteiger partial charge in [-0.2, -0.15) is 0 Å².